The molecule has 94 valence electrons. The Hall–Kier alpha value is -1.09. The SMILES string of the molecule is CNC(Cc1ccnc(N)c1)C1CCC(C)C1. The van der Waals surface area contributed by atoms with E-state index in [1.54, 1.807) is 6.20 Å². The molecule has 1 fully saturated rings. The van der Waals surface area contributed by atoms with E-state index in [1.165, 1.54) is 24.8 Å². The van der Waals surface area contributed by atoms with Crippen LogP contribution in [0.25, 0.3) is 0 Å². The molecule has 0 spiro atoms. The molecule has 0 radical (unpaired) electrons. The Balaban J connectivity index is 2.00. The van der Waals surface area contributed by atoms with Gasteiger partial charge in [0.05, 0.1) is 0 Å². The van der Waals surface area contributed by atoms with E-state index in [2.05, 4.69) is 30.3 Å². The lowest BCUT2D eigenvalue weighted by molar-refractivity contribution is 0.367. The van der Waals surface area contributed by atoms with Crippen molar-refractivity contribution < 1.29 is 0 Å². The number of hydrogen-bond donors (Lipinski definition) is 2. The first-order chi connectivity index (χ1) is 8.19. The Labute approximate surface area is 104 Å². The van der Waals surface area contributed by atoms with Crippen molar-refractivity contribution in [3.05, 3.63) is 23.9 Å². The average Bonchev–Trinajstić information content (AvgIpc) is 2.73. The fraction of sp³-hybridized carbons (Fsp3) is 0.643. The Morgan fingerprint density at radius 1 is 1.53 bits per heavy atom. The van der Waals surface area contributed by atoms with E-state index in [0.29, 0.717) is 11.9 Å². The van der Waals surface area contributed by atoms with E-state index in [-0.39, 0.29) is 0 Å². The molecule has 0 saturated heterocycles. The van der Waals surface area contributed by atoms with E-state index in [9.17, 15) is 0 Å². The molecule has 3 nitrogen and oxygen atoms in total. The molecule has 0 bridgehead atoms. The third-order valence-electron chi connectivity index (χ3n) is 3.98. The molecule has 1 aliphatic rings. The van der Waals surface area contributed by atoms with Gasteiger partial charge < -0.3 is 11.1 Å². The molecule has 3 unspecified atom stereocenters. The van der Waals surface area contributed by atoms with Gasteiger partial charge in [-0.05, 0) is 55.8 Å². The highest BCUT2D eigenvalue weighted by Gasteiger charge is 2.27. The van der Waals surface area contributed by atoms with Gasteiger partial charge in [0.1, 0.15) is 5.82 Å². The van der Waals surface area contributed by atoms with Crippen LogP contribution in [0.1, 0.15) is 31.7 Å². The van der Waals surface area contributed by atoms with Crippen LogP contribution in [-0.4, -0.2) is 18.1 Å². The maximum absolute atomic E-state index is 5.72. The van der Waals surface area contributed by atoms with Crippen molar-refractivity contribution in [1.82, 2.24) is 10.3 Å². The maximum Gasteiger partial charge on any atom is 0.123 e. The standard InChI is InChI=1S/C14H23N3/c1-10-3-4-12(7-10)13(16-2)8-11-5-6-17-14(15)9-11/h5-6,9-10,12-13,16H,3-4,7-8H2,1-2H3,(H2,15,17). The molecule has 3 heteroatoms. The van der Waals surface area contributed by atoms with Crippen molar-refractivity contribution in [3.8, 4) is 0 Å². The van der Waals surface area contributed by atoms with Gasteiger partial charge in [0.2, 0.25) is 0 Å². The van der Waals surface area contributed by atoms with Crippen molar-refractivity contribution >= 4 is 5.82 Å². The summed E-state index contributed by atoms with van der Waals surface area (Å²) < 4.78 is 0. The molecule has 0 amide bonds. The number of nitrogens with zero attached hydrogens (tertiary/aromatic N) is 1. The molecule has 1 aromatic heterocycles. The van der Waals surface area contributed by atoms with Gasteiger partial charge in [-0.1, -0.05) is 13.3 Å². The fourth-order valence-corrected chi connectivity index (χ4v) is 3.00. The highest BCUT2D eigenvalue weighted by Crippen LogP contribution is 2.33. The fourth-order valence-electron chi connectivity index (χ4n) is 3.00. The highest BCUT2D eigenvalue weighted by atomic mass is 14.9. The predicted octanol–water partition coefficient (Wildman–Crippen LogP) is 2.23. The lowest BCUT2D eigenvalue weighted by atomic mass is 9.92. The number of pyridine rings is 1. The highest BCUT2D eigenvalue weighted by molar-refractivity contribution is 5.32. The first-order valence-electron chi connectivity index (χ1n) is 6.56. The number of aromatic nitrogens is 1. The van der Waals surface area contributed by atoms with Gasteiger partial charge in [-0.2, -0.15) is 0 Å². The molecule has 0 aromatic carbocycles. The van der Waals surface area contributed by atoms with E-state index >= 15 is 0 Å². The smallest absolute Gasteiger partial charge is 0.123 e. The summed E-state index contributed by atoms with van der Waals surface area (Å²) >= 11 is 0. The summed E-state index contributed by atoms with van der Waals surface area (Å²) in [5, 5.41) is 3.47. The normalized spacial score (nSPS) is 26.0. The zero-order valence-electron chi connectivity index (χ0n) is 10.8. The van der Waals surface area contributed by atoms with Gasteiger partial charge in [-0.15, -0.1) is 0 Å². The van der Waals surface area contributed by atoms with E-state index in [0.717, 1.165) is 18.3 Å². The molecule has 3 atom stereocenters. The third-order valence-corrected chi connectivity index (χ3v) is 3.98. The first kappa shape index (κ1) is 12.4. The summed E-state index contributed by atoms with van der Waals surface area (Å²) in [5.74, 6) is 2.32. The molecule has 0 aliphatic heterocycles. The molecule has 1 aliphatic carbocycles. The monoisotopic (exact) mass is 233 g/mol. The molecule has 3 N–H and O–H groups in total. The molecular weight excluding hydrogens is 210 g/mol. The van der Waals surface area contributed by atoms with Crippen LogP contribution < -0.4 is 11.1 Å². The number of rotatable bonds is 4. The second-order valence-electron chi connectivity index (χ2n) is 5.37. The number of nitrogens with one attached hydrogen (secondary N) is 1. The van der Waals surface area contributed by atoms with Gasteiger partial charge in [0.15, 0.2) is 0 Å². The van der Waals surface area contributed by atoms with Crippen LogP contribution in [0.5, 0.6) is 0 Å². The lowest BCUT2D eigenvalue weighted by Crippen LogP contribution is -2.34. The Bertz CT molecular complexity index is 364. The largest absolute Gasteiger partial charge is 0.384 e. The van der Waals surface area contributed by atoms with Crippen molar-refractivity contribution in [2.45, 2.75) is 38.6 Å². The minimum absolute atomic E-state index is 0.571. The number of anilines is 1. The number of hydrogen-bond acceptors (Lipinski definition) is 3. The Morgan fingerprint density at radius 2 is 2.35 bits per heavy atom. The van der Waals surface area contributed by atoms with Crippen LogP contribution in [0.4, 0.5) is 5.82 Å². The third kappa shape index (κ3) is 3.19. The van der Waals surface area contributed by atoms with Gasteiger partial charge in [-0.3, -0.25) is 0 Å². The maximum atomic E-state index is 5.72. The van der Waals surface area contributed by atoms with Crippen LogP contribution in [0, 0.1) is 11.8 Å². The zero-order valence-corrected chi connectivity index (χ0v) is 10.8. The number of likely N-dealkylation sites (N-methyl/N-ethyl adjacent to an activating group) is 1. The molecule has 1 aromatic rings. The van der Waals surface area contributed by atoms with Crippen LogP contribution in [0.3, 0.4) is 0 Å². The Morgan fingerprint density at radius 3 is 2.94 bits per heavy atom. The van der Waals surface area contributed by atoms with E-state index < -0.39 is 0 Å². The minimum Gasteiger partial charge on any atom is -0.384 e. The van der Waals surface area contributed by atoms with Gasteiger partial charge in [-0.25, -0.2) is 4.98 Å². The minimum atomic E-state index is 0.571. The molecule has 1 heterocycles. The van der Waals surface area contributed by atoms with Crippen molar-refractivity contribution in [1.29, 1.82) is 0 Å². The summed E-state index contributed by atoms with van der Waals surface area (Å²) in [4.78, 5) is 4.04. The van der Waals surface area contributed by atoms with Gasteiger partial charge >= 0.3 is 0 Å². The van der Waals surface area contributed by atoms with Gasteiger partial charge in [0.25, 0.3) is 0 Å². The predicted molar refractivity (Wildman–Crippen MR) is 71.7 cm³/mol. The van der Waals surface area contributed by atoms with Crippen molar-refractivity contribution in [2.75, 3.05) is 12.8 Å². The summed E-state index contributed by atoms with van der Waals surface area (Å²) in [6.45, 7) is 2.36. The second kappa shape index (κ2) is 5.50. The van der Waals surface area contributed by atoms with Crippen LogP contribution in [-0.2, 0) is 6.42 Å². The zero-order chi connectivity index (χ0) is 12.3. The number of nitrogens with two attached hydrogens (primary N) is 1. The summed E-state index contributed by atoms with van der Waals surface area (Å²) in [5.41, 5.74) is 7.01. The number of nitrogen functional groups attached to an aromatic ring is 1. The van der Waals surface area contributed by atoms with Crippen LogP contribution in [0.15, 0.2) is 18.3 Å². The lowest BCUT2D eigenvalue weighted by Gasteiger charge is -2.23. The van der Waals surface area contributed by atoms with Crippen LogP contribution >= 0.6 is 0 Å². The second-order valence-corrected chi connectivity index (χ2v) is 5.37. The molecular formula is C14H23N3. The average molecular weight is 233 g/mol. The first-order valence-corrected chi connectivity index (χ1v) is 6.56. The molecule has 1 saturated carbocycles. The topological polar surface area (TPSA) is 50.9 Å². The Kier molecular flexibility index (Phi) is 4.00. The van der Waals surface area contributed by atoms with Crippen molar-refractivity contribution in [3.63, 3.8) is 0 Å². The van der Waals surface area contributed by atoms with Crippen LogP contribution in [0.2, 0.25) is 0 Å². The quantitative estimate of drug-likeness (QED) is 0.838. The summed E-state index contributed by atoms with van der Waals surface area (Å²) in [6, 6.07) is 4.63. The van der Waals surface area contributed by atoms with E-state index in [1.807, 2.05) is 6.07 Å². The van der Waals surface area contributed by atoms with Gasteiger partial charge in [0, 0.05) is 12.2 Å². The molecule has 2 rings (SSSR count). The van der Waals surface area contributed by atoms with E-state index in [4.69, 9.17) is 5.73 Å². The summed E-state index contributed by atoms with van der Waals surface area (Å²) in [7, 11) is 2.07. The molecule has 17 heavy (non-hydrogen) atoms. The van der Waals surface area contributed by atoms with Crippen molar-refractivity contribution in [2.24, 2.45) is 11.8 Å². The summed E-state index contributed by atoms with van der Waals surface area (Å²) in [6.07, 6.45) is 6.94.